The topological polar surface area (TPSA) is 40.9 Å². The van der Waals surface area contributed by atoms with Crippen molar-refractivity contribution in [1.82, 2.24) is 0 Å². The minimum atomic E-state index is -4.64. The van der Waals surface area contributed by atoms with Crippen LogP contribution < -0.4 is 0 Å². The number of hydrogen-bond donors (Lipinski definition) is 0. The van der Waals surface area contributed by atoms with Gasteiger partial charge < -0.3 is 0 Å². The van der Waals surface area contributed by atoms with E-state index in [1.807, 2.05) is 0 Å². The molecule has 16 heavy (non-hydrogen) atoms. The van der Waals surface area contributed by atoms with E-state index in [9.17, 15) is 18.0 Å². The molecule has 0 spiro atoms. The maximum absolute atomic E-state index is 12.4. The maximum Gasteiger partial charge on any atom is 0.417 e. The number of carbonyl (C=O) groups is 1. The Labute approximate surface area is 94.2 Å². The molecule has 0 aliphatic rings. The van der Waals surface area contributed by atoms with Gasteiger partial charge in [0, 0.05) is 5.56 Å². The molecule has 0 radical (unpaired) electrons. The van der Waals surface area contributed by atoms with Crippen LogP contribution in [0.4, 0.5) is 13.2 Å². The third kappa shape index (κ3) is 2.34. The second-order valence-electron chi connectivity index (χ2n) is 3.04. The fourth-order valence-electron chi connectivity index (χ4n) is 1.17. The van der Waals surface area contributed by atoms with Crippen LogP contribution in [-0.4, -0.2) is 5.78 Å². The maximum atomic E-state index is 12.4. The molecule has 0 unspecified atom stereocenters. The molecule has 1 rings (SSSR count). The normalized spacial score (nSPS) is 11.0. The second kappa shape index (κ2) is 4.14. The van der Waals surface area contributed by atoms with Crippen LogP contribution in [-0.2, 0) is 6.18 Å². The minimum Gasteiger partial charge on any atom is -0.294 e. The summed E-state index contributed by atoms with van der Waals surface area (Å²) in [6, 6.07) is 2.99. The van der Waals surface area contributed by atoms with Crippen LogP contribution in [0.3, 0.4) is 0 Å². The Kier molecular flexibility index (Phi) is 3.24. The van der Waals surface area contributed by atoms with Gasteiger partial charge in [-0.3, -0.25) is 4.79 Å². The van der Waals surface area contributed by atoms with Crippen molar-refractivity contribution < 1.29 is 18.0 Å². The summed E-state index contributed by atoms with van der Waals surface area (Å²) in [6.45, 7) is 1.15. The number of carbonyl (C=O) groups excluding carboxylic acids is 1. The van der Waals surface area contributed by atoms with Gasteiger partial charge in [-0.15, -0.1) is 0 Å². The van der Waals surface area contributed by atoms with E-state index in [0.29, 0.717) is 6.07 Å². The van der Waals surface area contributed by atoms with Crippen LogP contribution in [0.5, 0.6) is 0 Å². The van der Waals surface area contributed by atoms with Crippen LogP contribution in [0.1, 0.15) is 28.4 Å². The number of rotatable bonds is 1. The lowest BCUT2D eigenvalue weighted by molar-refractivity contribution is -0.137. The lowest BCUT2D eigenvalue weighted by Crippen LogP contribution is -2.08. The van der Waals surface area contributed by atoms with Gasteiger partial charge in [0.2, 0.25) is 0 Å². The summed E-state index contributed by atoms with van der Waals surface area (Å²) < 4.78 is 37.3. The van der Waals surface area contributed by atoms with Crippen molar-refractivity contribution in [2.24, 2.45) is 0 Å². The van der Waals surface area contributed by atoms with Gasteiger partial charge in [-0.2, -0.15) is 18.4 Å². The van der Waals surface area contributed by atoms with E-state index < -0.39 is 22.5 Å². The fraction of sp³-hybridized carbons (Fsp3) is 0.200. The first kappa shape index (κ1) is 12.5. The van der Waals surface area contributed by atoms with Crippen molar-refractivity contribution in [3.05, 3.63) is 33.8 Å². The molecule has 0 saturated heterocycles. The molecule has 1 aromatic carbocycles. The molecular formula is C10H5ClF3NO. The van der Waals surface area contributed by atoms with Gasteiger partial charge in [-0.25, -0.2) is 0 Å². The van der Waals surface area contributed by atoms with E-state index in [0.717, 1.165) is 13.0 Å². The van der Waals surface area contributed by atoms with Crippen molar-refractivity contribution in [2.45, 2.75) is 13.1 Å². The molecule has 2 nitrogen and oxygen atoms in total. The molecule has 0 heterocycles. The number of alkyl halides is 3. The standard InChI is InChI=1S/C10H5ClF3NO/c1-5(16)7-3-9(11)8(10(12,13)14)2-6(7)4-15/h2-3H,1H3. The Bertz CT molecular complexity index is 488. The summed E-state index contributed by atoms with van der Waals surface area (Å²) >= 11 is 5.41. The van der Waals surface area contributed by atoms with Crippen LogP contribution in [0.15, 0.2) is 12.1 Å². The van der Waals surface area contributed by atoms with Crippen LogP contribution in [0, 0.1) is 11.3 Å². The van der Waals surface area contributed by atoms with E-state index in [1.165, 1.54) is 6.07 Å². The highest BCUT2D eigenvalue weighted by Crippen LogP contribution is 2.36. The van der Waals surface area contributed by atoms with Crippen molar-refractivity contribution in [3.8, 4) is 6.07 Å². The zero-order valence-corrected chi connectivity index (χ0v) is 8.78. The smallest absolute Gasteiger partial charge is 0.294 e. The van der Waals surface area contributed by atoms with Gasteiger partial charge >= 0.3 is 6.18 Å². The fourth-order valence-corrected chi connectivity index (χ4v) is 1.45. The van der Waals surface area contributed by atoms with E-state index in [1.54, 1.807) is 0 Å². The van der Waals surface area contributed by atoms with Crippen LogP contribution in [0.2, 0.25) is 5.02 Å². The number of hydrogen-bond acceptors (Lipinski definition) is 2. The summed E-state index contributed by atoms with van der Waals surface area (Å²) in [5.74, 6) is -0.507. The largest absolute Gasteiger partial charge is 0.417 e. The predicted octanol–water partition coefficient (Wildman–Crippen LogP) is 3.43. The Morgan fingerprint density at radius 1 is 1.44 bits per heavy atom. The highest BCUT2D eigenvalue weighted by molar-refractivity contribution is 6.32. The predicted molar refractivity (Wildman–Crippen MR) is 51.2 cm³/mol. The summed E-state index contributed by atoms with van der Waals surface area (Å²) in [7, 11) is 0. The Balaban J connectivity index is 3.51. The van der Waals surface area contributed by atoms with Gasteiger partial charge in [0.15, 0.2) is 5.78 Å². The monoisotopic (exact) mass is 247 g/mol. The van der Waals surface area contributed by atoms with Gasteiger partial charge in [0.1, 0.15) is 0 Å². The number of nitrogens with zero attached hydrogens (tertiary/aromatic N) is 1. The lowest BCUT2D eigenvalue weighted by Gasteiger charge is -2.10. The molecule has 0 saturated carbocycles. The molecule has 0 atom stereocenters. The summed E-state index contributed by atoms with van der Waals surface area (Å²) in [5.41, 5.74) is -1.56. The van der Waals surface area contributed by atoms with Crippen molar-refractivity contribution in [3.63, 3.8) is 0 Å². The molecule has 0 aromatic heterocycles. The number of Topliss-reactive ketones (excluding diaryl/α,β-unsaturated/α-hetero) is 1. The quantitative estimate of drug-likeness (QED) is 0.714. The highest BCUT2D eigenvalue weighted by atomic mass is 35.5. The Hall–Kier alpha value is -1.54. The van der Waals surface area contributed by atoms with Gasteiger partial charge in [-0.1, -0.05) is 11.6 Å². The lowest BCUT2D eigenvalue weighted by atomic mass is 10.0. The second-order valence-corrected chi connectivity index (χ2v) is 3.45. The highest BCUT2D eigenvalue weighted by Gasteiger charge is 2.34. The molecule has 0 aliphatic carbocycles. The molecule has 0 fully saturated rings. The van der Waals surface area contributed by atoms with Crippen molar-refractivity contribution in [1.29, 1.82) is 5.26 Å². The van der Waals surface area contributed by atoms with E-state index in [-0.39, 0.29) is 11.1 Å². The number of benzene rings is 1. The zero-order valence-electron chi connectivity index (χ0n) is 8.02. The van der Waals surface area contributed by atoms with Gasteiger partial charge in [0.25, 0.3) is 0 Å². The Morgan fingerprint density at radius 3 is 2.38 bits per heavy atom. The minimum absolute atomic E-state index is 0.111. The molecule has 6 heteroatoms. The third-order valence-electron chi connectivity index (χ3n) is 1.91. The SMILES string of the molecule is CC(=O)c1cc(Cl)c(C(F)(F)F)cc1C#N. The average molecular weight is 248 g/mol. The van der Waals surface area contributed by atoms with Gasteiger partial charge in [-0.05, 0) is 19.1 Å². The van der Waals surface area contributed by atoms with E-state index in [2.05, 4.69) is 0 Å². The number of halogens is 4. The first-order valence-corrected chi connectivity index (χ1v) is 4.47. The van der Waals surface area contributed by atoms with Crippen molar-refractivity contribution >= 4 is 17.4 Å². The summed E-state index contributed by atoms with van der Waals surface area (Å²) in [4.78, 5) is 11.0. The molecule has 0 aliphatic heterocycles. The summed E-state index contributed by atoms with van der Waals surface area (Å²) in [5, 5.41) is 8.05. The van der Waals surface area contributed by atoms with Crippen LogP contribution >= 0.6 is 11.6 Å². The number of ketones is 1. The molecule has 84 valence electrons. The zero-order chi connectivity index (χ0) is 12.5. The van der Waals surface area contributed by atoms with Crippen molar-refractivity contribution in [2.75, 3.05) is 0 Å². The molecule has 0 N–H and O–H groups in total. The van der Waals surface area contributed by atoms with E-state index >= 15 is 0 Å². The molecule has 0 bridgehead atoms. The third-order valence-corrected chi connectivity index (χ3v) is 2.23. The van der Waals surface area contributed by atoms with Gasteiger partial charge in [0.05, 0.1) is 22.2 Å². The number of nitriles is 1. The first-order chi connectivity index (χ1) is 7.27. The molecular weight excluding hydrogens is 243 g/mol. The van der Waals surface area contributed by atoms with E-state index in [4.69, 9.17) is 16.9 Å². The first-order valence-electron chi connectivity index (χ1n) is 4.09. The summed E-state index contributed by atoms with van der Waals surface area (Å²) in [6.07, 6.45) is -4.64. The Morgan fingerprint density at radius 2 is 2.00 bits per heavy atom. The molecule has 0 amide bonds. The van der Waals surface area contributed by atoms with Crippen LogP contribution in [0.25, 0.3) is 0 Å². The molecule has 1 aromatic rings. The average Bonchev–Trinajstić information content (AvgIpc) is 2.15.